The Balaban J connectivity index is 2.01. The second-order valence-corrected chi connectivity index (χ2v) is 5.89. The normalized spacial score (nSPS) is 19.4. The summed E-state index contributed by atoms with van der Waals surface area (Å²) in [4.78, 5) is 32.0. The van der Waals surface area contributed by atoms with Gasteiger partial charge in [0, 0.05) is 19.7 Å². The van der Waals surface area contributed by atoms with E-state index in [9.17, 15) is 9.59 Å². The minimum absolute atomic E-state index is 0.0990. The van der Waals surface area contributed by atoms with Gasteiger partial charge in [-0.15, -0.1) is 18.3 Å². The van der Waals surface area contributed by atoms with E-state index in [-0.39, 0.29) is 17.6 Å². The molecule has 1 atom stereocenters. The Morgan fingerprint density at radius 1 is 1.46 bits per heavy atom. The molecule has 24 heavy (non-hydrogen) atoms. The third-order valence-corrected chi connectivity index (χ3v) is 4.19. The van der Waals surface area contributed by atoms with Crippen LogP contribution in [0.5, 0.6) is 0 Å². The average Bonchev–Trinajstić information content (AvgIpc) is 2.58. The molecule has 0 aromatic carbocycles. The third kappa shape index (κ3) is 4.42. The zero-order chi connectivity index (χ0) is 17.5. The van der Waals surface area contributed by atoms with E-state index in [2.05, 4.69) is 21.9 Å². The molecule has 128 valence electrons. The van der Waals surface area contributed by atoms with Crippen molar-refractivity contribution >= 4 is 35.1 Å². The van der Waals surface area contributed by atoms with Crippen molar-refractivity contribution in [3.8, 4) is 0 Å². The molecule has 0 fully saturated rings. The second-order valence-electron chi connectivity index (χ2n) is 4.90. The van der Waals surface area contributed by atoms with Crippen LogP contribution in [-0.4, -0.2) is 61.7 Å². The summed E-state index contributed by atoms with van der Waals surface area (Å²) in [7, 11) is 3.07. The van der Waals surface area contributed by atoms with E-state index >= 15 is 0 Å². The number of amidine groups is 1. The Hall–Kier alpha value is -2.19. The molecule has 7 nitrogen and oxygen atoms in total. The molecule has 1 aliphatic heterocycles. The van der Waals surface area contributed by atoms with Crippen LogP contribution in [0.2, 0.25) is 0 Å². The Morgan fingerprint density at radius 3 is 2.92 bits per heavy atom. The van der Waals surface area contributed by atoms with Crippen LogP contribution in [-0.2, 0) is 19.1 Å². The van der Waals surface area contributed by atoms with Crippen molar-refractivity contribution in [3.05, 3.63) is 36.1 Å². The maximum absolute atomic E-state index is 12.2. The molecule has 0 saturated carbocycles. The number of nitrogens with one attached hydrogen (secondary N) is 1. The van der Waals surface area contributed by atoms with Gasteiger partial charge in [0.1, 0.15) is 17.7 Å². The number of thioether (sulfide) groups is 1. The quantitative estimate of drug-likeness (QED) is 0.657. The maximum atomic E-state index is 12.2. The molecule has 0 radical (unpaired) electrons. The van der Waals surface area contributed by atoms with Gasteiger partial charge in [-0.2, -0.15) is 4.99 Å². The molecule has 0 bridgehead atoms. The van der Waals surface area contributed by atoms with Crippen LogP contribution in [0.25, 0.3) is 0 Å². The van der Waals surface area contributed by atoms with Gasteiger partial charge in [-0.3, -0.25) is 9.59 Å². The minimum Gasteiger partial charge on any atom is -0.498 e. The lowest BCUT2D eigenvalue weighted by Crippen LogP contribution is -2.28. The molecule has 8 heteroatoms. The molecular formula is C16H19N3O4S. The Morgan fingerprint density at radius 2 is 2.25 bits per heavy atom. The summed E-state index contributed by atoms with van der Waals surface area (Å²) in [6, 6.07) is 0. The van der Waals surface area contributed by atoms with Crippen LogP contribution in [0.15, 0.2) is 46.1 Å². The molecule has 0 aromatic heterocycles. The number of ether oxygens (including phenoxy) is 2. The zero-order valence-corrected chi connectivity index (χ0v) is 14.4. The number of aliphatic imine (C=N–C) groups is 2. The predicted molar refractivity (Wildman–Crippen MR) is 94.4 cm³/mol. The van der Waals surface area contributed by atoms with Crippen LogP contribution in [0.1, 0.15) is 0 Å². The SMILES string of the molecule is C=CCNC(=O)CSCC1=NC(=O)C2=CC(OC)C(OC)=CC2=N1. The van der Waals surface area contributed by atoms with E-state index in [1.807, 2.05) is 0 Å². The first kappa shape index (κ1) is 18.2. The summed E-state index contributed by atoms with van der Waals surface area (Å²) < 4.78 is 10.5. The highest BCUT2D eigenvalue weighted by atomic mass is 32.2. The highest BCUT2D eigenvalue weighted by Crippen LogP contribution is 2.23. The first-order valence-corrected chi connectivity index (χ1v) is 8.41. The molecule has 0 saturated heterocycles. The summed E-state index contributed by atoms with van der Waals surface area (Å²) in [6.45, 7) is 3.96. The smallest absolute Gasteiger partial charge is 0.280 e. The number of rotatable bonds is 8. The summed E-state index contributed by atoms with van der Waals surface area (Å²) in [6.07, 6.45) is 4.52. The number of allylic oxidation sites excluding steroid dienone is 1. The Kier molecular flexibility index (Phi) is 6.51. The van der Waals surface area contributed by atoms with Crippen molar-refractivity contribution in [3.63, 3.8) is 0 Å². The second kappa shape index (κ2) is 8.60. The van der Waals surface area contributed by atoms with Crippen LogP contribution in [0.4, 0.5) is 0 Å². The van der Waals surface area contributed by atoms with Gasteiger partial charge >= 0.3 is 0 Å². The molecule has 2 aliphatic rings. The fourth-order valence-corrected chi connectivity index (χ4v) is 2.83. The van der Waals surface area contributed by atoms with Gasteiger partial charge in [0.2, 0.25) is 5.91 Å². The van der Waals surface area contributed by atoms with Gasteiger partial charge in [0.15, 0.2) is 0 Å². The van der Waals surface area contributed by atoms with Gasteiger partial charge in [0.25, 0.3) is 5.91 Å². The number of fused-ring (bicyclic) bond motifs is 1. The van der Waals surface area contributed by atoms with Gasteiger partial charge in [-0.05, 0) is 6.08 Å². The van der Waals surface area contributed by atoms with E-state index in [4.69, 9.17) is 9.47 Å². The molecule has 0 aromatic rings. The topological polar surface area (TPSA) is 89.4 Å². The van der Waals surface area contributed by atoms with E-state index in [1.54, 1.807) is 18.2 Å². The first-order valence-electron chi connectivity index (χ1n) is 7.25. The van der Waals surface area contributed by atoms with E-state index in [1.165, 1.54) is 26.0 Å². The Labute approximate surface area is 144 Å². The number of amides is 2. The first-order chi connectivity index (χ1) is 11.6. The summed E-state index contributed by atoms with van der Waals surface area (Å²) in [5, 5.41) is 2.68. The van der Waals surface area contributed by atoms with Crippen LogP contribution >= 0.6 is 11.8 Å². The summed E-state index contributed by atoms with van der Waals surface area (Å²) >= 11 is 1.34. The molecule has 1 N–H and O–H groups in total. The molecule has 1 heterocycles. The number of hydrogen-bond donors (Lipinski definition) is 1. The molecule has 2 amide bonds. The van der Waals surface area contributed by atoms with Crippen molar-refractivity contribution in [1.29, 1.82) is 0 Å². The lowest BCUT2D eigenvalue weighted by Gasteiger charge is -2.22. The van der Waals surface area contributed by atoms with Crippen LogP contribution in [0, 0.1) is 0 Å². The van der Waals surface area contributed by atoms with Crippen molar-refractivity contribution in [2.24, 2.45) is 9.98 Å². The van der Waals surface area contributed by atoms with Gasteiger partial charge in [-0.1, -0.05) is 6.08 Å². The van der Waals surface area contributed by atoms with Crippen LogP contribution in [0.3, 0.4) is 0 Å². The van der Waals surface area contributed by atoms with E-state index in [0.717, 1.165) is 0 Å². The molecule has 2 rings (SSSR count). The lowest BCUT2D eigenvalue weighted by atomic mass is 9.99. The van der Waals surface area contributed by atoms with Gasteiger partial charge < -0.3 is 14.8 Å². The molecular weight excluding hydrogens is 330 g/mol. The summed E-state index contributed by atoms with van der Waals surface area (Å²) in [5.74, 6) is 1.13. The number of methoxy groups -OCH3 is 2. The predicted octanol–water partition coefficient (Wildman–Crippen LogP) is 0.887. The molecule has 0 spiro atoms. The zero-order valence-electron chi connectivity index (χ0n) is 13.6. The number of nitrogens with zero attached hydrogens (tertiary/aromatic N) is 2. The maximum Gasteiger partial charge on any atom is 0.280 e. The van der Waals surface area contributed by atoms with E-state index < -0.39 is 6.10 Å². The van der Waals surface area contributed by atoms with Crippen molar-refractivity contribution in [2.75, 3.05) is 32.3 Å². The highest BCUT2D eigenvalue weighted by molar-refractivity contribution is 8.00. The number of carbonyl (C=O) groups is 2. The largest absolute Gasteiger partial charge is 0.498 e. The van der Waals surface area contributed by atoms with E-state index in [0.29, 0.717) is 35.2 Å². The van der Waals surface area contributed by atoms with Crippen LogP contribution < -0.4 is 5.32 Å². The summed E-state index contributed by atoms with van der Waals surface area (Å²) in [5.41, 5.74) is 0.909. The molecule has 1 aliphatic carbocycles. The van der Waals surface area contributed by atoms with Gasteiger partial charge in [0.05, 0.1) is 29.9 Å². The van der Waals surface area contributed by atoms with Crippen molar-refractivity contribution < 1.29 is 19.1 Å². The molecule has 1 unspecified atom stereocenters. The number of hydrogen-bond acceptors (Lipinski definition) is 6. The van der Waals surface area contributed by atoms with Crippen molar-refractivity contribution in [2.45, 2.75) is 6.10 Å². The fourth-order valence-electron chi connectivity index (χ4n) is 2.12. The average molecular weight is 349 g/mol. The van der Waals surface area contributed by atoms with Crippen molar-refractivity contribution in [1.82, 2.24) is 5.32 Å². The third-order valence-electron chi connectivity index (χ3n) is 3.26. The standard InChI is InChI=1S/C16H19N3O4S/c1-4-5-17-15(20)9-24-8-14-18-11-7-13(23-3)12(22-2)6-10(11)16(21)19-14/h4,6-7,12H,1,5,8-9H2,2-3H3,(H,17,20). The number of carbonyl (C=O) groups excluding carboxylic acids is 2. The highest BCUT2D eigenvalue weighted by Gasteiger charge is 2.28. The van der Waals surface area contributed by atoms with Gasteiger partial charge in [-0.25, -0.2) is 4.99 Å². The monoisotopic (exact) mass is 349 g/mol. The lowest BCUT2D eigenvalue weighted by molar-refractivity contribution is -0.118. The Bertz CT molecular complexity index is 664. The minimum atomic E-state index is -0.424. The fraction of sp³-hybridized carbons (Fsp3) is 0.375.